The molecule has 0 aromatic heterocycles. The average molecular weight is 288 g/mol. The number of carbonyl (C=O) groups excluding carboxylic acids is 1. The van der Waals surface area contributed by atoms with Crippen molar-refractivity contribution in [3.63, 3.8) is 0 Å². The van der Waals surface area contributed by atoms with E-state index in [1.54, 1.807) is 0 Å². The van der Waals surface area contributed by atoms with Crippen LogP contribution in [0.25, 0.3) is 0 Å². The standard InChI is InChI=1S/C17H24N2O2/c1-17(2)15(12-6-4-3-5-7-12)19(16(20)21-17)14-10-8-13(18)9-11-14/h3-7,13-15H,8-11,18H2,1-2H3/t13?,14?,15-/m0/s1. The van der Waals surface area contributed by atoms with Crippen LogP contribution in [0.1, 0.15) is 51.1 Å². The molecule has 1 aliphatic heterocycles. The van der Waals surface area contributed by atoms with Crippen LogP contribution in [-0.2, 0) is 4.74 Å². The highest BCUT2D eigenvalue weighted by molar-refractivity contribution is 5.72. The largest absolute Gasteiger partial charge is 0.441 e. The molecule has 1 aliphatic carbocycles. The topological polar surface area (TPSA) is 55.6 Å². The third kappa shape index (κ3) is 2.64. The second kappa shape index (κ2) is 5.34. The molecule has 3 rings (SSSR count). The van der Waals surface area contributed by atoms with Crippen LogP contribution in [0.15, 0.2) is 30.3 Å². The summed E-state index contributed by atoms with van der Waals surface area (Å²) in [6, 6.07) is 10.7. The van der Waals surface area contributed by atoms with E-state index in [1.807, 2.05) is 36.9 Å². The van der Waals surface area contributed by atoms with Gasteiger partial charge in [0.05, 0.1) is 6.04 Å². The Kier molecular flexibility index (Phi) is 3.66. The lowest BCUT2D eigenvalue weighted by molar-refractivity contribution is 0.0664. The number of nitrogens with zero attached hydrogens (tertiary/aromatic N) is 1. The molecule has 1 saturated carbocycles. The molecular formula is C17H24N2O2. The molecule has 0 unspecified atom stereocenters. The predicted octanol–water partition coefficient (Wildman–Crippen LogP) is 3.23. The van der Waals surface area contributed by atoms with Crippen molar-refractivity contribution in [3.8, 4) is 0 Å². The molecule has 1 atom stereocenters. The molecule has 4 nitrogen and oxygen atoms in total. The van der Waals surface area contributed by atoms with Gasteiger partial charge in [-0.25, -0.2) is 4.79 Å². The van der Waals surface area contributed by atoms with E-state index in [0.717, 1.165) is 31.2 Å². The quantitative estimate of drug-likeness (QED) is 0.909. The molecule has 1 aromatic rings. The number of benzene rings is 1. The van der Waals surface area contributed by atoms with Crippen molar-refractivity contribution in [1.82, 2.24) is 4.90 Å². The Morgan fingerprint density at radius 1 is 1.14 bits per heavy atom. The number of amides is 1. The maximum absolute atomic E-state index is 12.4. The number of cyclic esters (lactones) is 1. The number of carbonyl (C=O) groups is 1. The Hall–Kier alpha value is -1.55. The lowest BCUT2D eigenvalue weighted by Gasteiger charge is -2.37. The molecule has 4 heteroatoms. The highest BCUT2D eigenvalue weighted by atomic mass is 16.6. The smallest absolute Gasteiger partial charge is 0.411 e. The summed E-state index contributed by atoms with van der Waals surface area (Å²) < 4.78 is 5.66. The van der Waals surface area contributed by atoms with E-state index in [1.165, 1.54) is 0 Å². The van der Waals surface area contributed by atoms with Crippen molar-refractivity contribution >= 4 is 6.09 Å². The van der Waals surface area contributed by atoms with Crippen molar-refractivity contribution in [1.29, 1.82) is 0 Å². The zero-order chi connectivity index (χ0) is 15.0. The first-order valence-electron chi connectivity index (χ1n) is 7.81. The third-order valence-electron chi connectivity index (χ3n) is 4.75. The molecule has 2 aliphatic rings. The molecule has 0 radical (unpaired) electrons. The summed E-state index contributed by atoms with van der Waals surface area (Å²) in [5.41, 5.74) is 6.63. The lowest BCUT2D eigenvalue weighted by atomic mass is 9.86. The monoisotopic (exact) mass is 288 g/mol. The van der Waals surface area contributed by atoms with Crippen LogP contribution >= 0.6 is 0 Å². The fourth-order valence-electron chi connectivity index (χ4n) is 3.71. The van der Waals surface area contributed by atoms with Crippen molar-refractivity contribution in [2.45, 2.75) is 63.3 Å². The highest BCUT2D eigenvalue weighted by Gasteiger charge is 2.51. The summed E-state index contributed by atoms with van der Waals surface area (Å²) in [7, 11) is 0. The molecule has 0 spiro atoms. The molecule has 1 heterocycles. The Balaban J connectivity index is 1.91. The van der Waals surface area contributed by atoms with Gasteiger partial charge >= 0.3 is 6.09 Å². The van der Waals surface area contributed by atoms with Gasteiger partial charge in [0.2, 0.25) is 0 Å². The van der Waals surface area contributed by atoms with Crippen molar-refractivity contribution < 1.29 is 9.53 Å². The van der Waals surface area contributed by atoms with Crippen LogP contribution < -0.4 is 5.73 Å². The van der Waals surface area contributed by atoms with Crippen molar-refractivity contribution in [2.75, 3.05) is 0 Å². The first kappa shape index (κ1) is 14.4. The molecule has 21 heavy (non-hydrogen) atoms. The van der Waals surface area contributed by atoms with E-state index >= 15 is 0 Å². The number of hydrogen-bond donors (Lipinski definition) is 1. The first-order chi connectivity index (χ1) is 9.99. The maximum atomic E-state index is 12.4. The van der Waals surface area contributed by atoms with Crippen LogP contribution in [0.2, 0.25) is 0 Å². The average Bonchev–Trinajstić information content (AvgIpc) is 2.70. The lowest BCUT2D eigenvalue weighted by Crippen LogP contribution is -2.44. The summed E-state index contributed by atoms with van der Waals surface area (Å²) in [6.45, 7) is 3.99. The molecule has 1 amide bonds. The van der Waals surface area contributed by atoms with Gasteiger partial charge in [0.15, 0.2) is 0 Å². The normalized spacial score (nSPS) is 32.0. The number of ether oxygens (including phenoxy) is 1. The zero-order valence-corrected chi connectivity index (χ0v) is 12.8. The highest BCUT2D eigenvalue weighted by Crippen LogP contribution is 2.44. The number of hydrogen-bond acceptors (Lipinski definition) is 3. The van der Waals surface area contributed by atoms with Gasteiger partial charge in [0, 0.05) is 12.1 Å². The minimum atomic E-state index is -0.502. The molecule has 2 fully saturated rings. The zero-order valence-electron chi connectivity index (χ0n) is 12.8. The van der Waals surface area contributed by atoms with Gasteiger partial charge in [-0.05, 0) is 45.1 Å². The van der Waals surface area contributed by atoms with Crippen molar-refractivity contribution in [3.05, 3.63) is 35.9 Å². The van der Waals surface area contributed by atoms with E-state index < -0.39 is 5.60 Å². The molecule has 0 bridgehead atoms. The van der Waals surface area contributed by atoms with Crippen LogP contribution in [0.5, 0.6) is 0 Å². The van der Waals surface area contributed by atoms with Crippen LogP contribution in [-0.4, -0.2) is 28.7 Å². The second-order valence-corrected chi connectivity index (χ2v) is 6.76. The number of nitrogens with two attached hydrogens (primary N) is 1. The van der Waals surface area contributed by atoms with Crippen LogP contribution in [0, 0.1) is 0 Å². The Bertz CT molecular complexity index is 507. The van der Waals surface area contributed by atoms with E-state index in [-0.39, 0.29) is 24.2 Å². The summed E-state index contributed by atoms with van der Waals surface area (Å²) in [6.07, 6.45) is 3.72. The SMILES string of the molecule is CC1(C)OC(=O)N(C2CCC(N)CC2)[C@H]1c1ccccc1. The summed E-state index contributed by atoms with van der Waals surface area (Å²) in [4.78, 5) is 14.4. The Morgan fingerprint density at radius 3 is 2.38 bits per heavy atom. The van der Waals surface area contributed by atoms with E-state index in [2.05, 4.69) is 12.1 Å². The molecular weight excluding hydrogens is 264 g/mol. The fraction of sp³-hybridized carbons (Fsp3) is 0.588. The van der Waals surface area contributed by atoms with E-state index in [0.29, 0.717) is 0 Å². The van der Waals surface area contributed by atoms with Gasteiger partial charge in [-0.3, -0.25) is 4.90 Å². The minimum Gasteiger partial charge on any atom is -0.441 e. The third-order valence-corrected chi connectivity index (χ3v) is 4.75. The number of rotatable bonds is 2. The maximum Gasteiger partial charge on any atom is 0.411 e. The summed E-state index contributed by atoms with van der Waals surface area (Å²) in [5, 5.41) is 0. The predicted molar refractivity (Wildman–Crippen MR) is 81.8 cm³/mol. The van der Waals surface area contributed by atoms with Gasteiger partial charge in [0.1, 0.15) is 5.60 Å². The Labute approximate surface area is 126 Å². The van der Waals surface area contributed by atoms with Crippen molar-refractivity contribution in [2.24, 2.45) is 5.73 Å². The van der Waals surface area contributed by atoms with E-state index in [9.17, 15) is 4.79 Å². The summed E-state index contributed by atoms with van der Waals surface area (Å²) in [5.74, 6) is 0. The molecule has 1 aromatic carbocycles. The molecule has 2 N–H and O–H groups in total. The van der Waals surface area contributed by atoms with Gasteiger partial charge in [0.25, 0.3) is 0 Å². The fourth-order valence-corrected chi connectivity index (χ4v) is 3.71. The van der Waals surface area contributed by atoms with Crippen LogP contribution in [0.3, 0.4) is 0 Å². The first-order valence-corrected chi connectivity index (χ1v) is 7.81. The van der Waals surface area contributed by atoms with Gasteiger partial charge in [-0.15, -0.1) is 0 Å². The summed E-state index contributed by atoms with van der Waals surface area (Å²) >= 11 is 0. The minimum absolute atomic E-state index is 0.0227. The van der Waals surface area contributed by atoms with Gasteiger partial charge in [-0.2, -0.15) is 0 Å². The Morgan fingerprint density at radius 2 is 1.76 bits per heavy atom. The van der Waals surface area contributed by atoms with E-state index in [4.69, 9.17) is 10.5 Å². The second-order valence-electron chi connectivity index (χ2n) is 6.76. The molecule has 114 valence electrons. The molecule has 1 saturated heterocycles. The van der Waals surface area contributed by atoms with Crippen LogP contribution in [0.4, 0.5) is 4.79 Å². The van der Waals surface area contributed by atoms with Gasteiger partial charge in [-0.1, -0.05) is 30.3 Å². The van der Waals surface area contributed by atoms with Gasteiger partial charge < -0.3 is 10.5 Å².